The van der Waals surface area contributed by atoms with E-state index in [9.17, 15) is 0 Å². The molecule has 0 aliphatic heterocycles. The molecule has 1 aromatic carbocycles. The molecule has 2 rings (SSSR count). The molecule has 0 bridgehead atoms. The van der Waals surface area contributed by atoms with E-state index >= 15 is 0 Å². The second-order valence-corrected chi connectivity index (χ2v) is 6.53. The molecule has 1 fully saturated rings. The second kappa shape index (κ2) is 6.72. The van der Waals surface area contributed by atoms with Crippen LogP contribution in [0.15, 0.2) is 28.7 Å². The Morgan fingerprint density at radius 2 is 2.11 bits per heavy atom. The first-order valence-corrected chi connectivity index (χ1v) is 8.00. The monoisotopic (exact) mass is 309 g/mol. The molecule has 1 nitrogen and oxygen atoms in total. The van der Waals surface area contributed by atoms with Crippen LogP contribution in [0, 0.1) is 11.8 Å². The zero-order valence-corrected chi connectivity index (χ0v) is 12.8. The lowest BCUT2D eigenvalue weighted by atomic mass is 9.73. The zero-order valence-electron chi connectivity index (χ0n) is 11.2. The molecular weight excluding hydrogens is 286 g/mol. The quantitative estimate of drug-likeness (QED) is 0.868. The first-order valence-electron chi connectivity index (χ1n) is 7.20. The summed E-state index contributed by atoms with van der Waals surface area (Å²) < 4.78 is 1.16. The molecular formula is C16H24BrN. The van der Waals surface area contributed by atoms with Gasteiger partial charge in [-0.3, -0.25) is 0 Å². The summed E-state index contributed by atoms with van der Waals surface area (Å²) in [6.45, 7) is 2.31. The molecule has 1 aliphatic carbocycles. The van der Waals surface area contributed by atoms with Crippen molar-refractivity contribution in [1.29, 1.82) is 0 Å². The lowest BCUT2D eigenvalue weighted by Crippen LogP contribution is -2.38. The molecule has 0 amide bonds. The summed E-state index contributed by atoms with van der Waals surface area (Å²) in [6.07, 6.45) is 7.78. The maximum atomic E-state index is 6.48. The lowest BCUT2D eigenvalue weighted by Gasteiger charge is -2.35. The van der Waals surface area contributed by atoms with Crippen LogP contribution in [0.3, 0.4) is 0 Å². The van der Waals surface area contributed by atoms with Gasteiger partial charge in [-0.1, -0.05) is 60.7 Å². The fraction of sp³-hybridized carbons (Fsp3) is 0.625. The van der Waals surface area contributed by atoms with Gasteiger partial charge in [0.15, 0.2) is 0 Å². The van der Waals surface area contributed by atoms with Gasteiger partial charge < -0.3 is 5.73 Å². The Balaban J connectivity index is 1.99. The minimum Gasteiger partial charge on any atom is -0.327 e. The average Bonchev–Trinajstić information content (AvgIpc) is 2.38. The fourth-order valence-electron chi connectivity index (χ4n) is 3.39. The van der Waals surface area contributed by atoms with Crippen molar-refractivity contribution in [3.8, 4) is 0 Å². The molecule has 0 aromatic heterocycles. The van der Waals surface area contributed by atoms with Crippen molar-refractivity contribution in [1.82, 2.24) is 0 Å². The van der Waals surface area contributed by atoms with Gasteiger partial charge in [0.1, 0.15) is 0 Å². The van der Waals surface area contributed by atoms with E-state index in [0.29, 0.717) is 6.04 Å². The van der Waals surface area contributed by atoms with Gasteiger partial charge in [-0.15, -0.1) is 0 Å². The topological polar surface area (TPSA) is 26.0 Å². The largest absolute Gasteiger partial charge is 0.327 e. The van der Waals surface area contributed by atoms with Gasteiger partial charge >= 0.3 is 0 Å². The van der Waals surface area contributed by atoms with Crippen LogP contribution in [0.1, 0.15) is 44.6 Å². The van der Waals surface area contributed by atoms with Crippen LogP contribution in [-0.2, 0) is 6.42 Å². The Morgan fingerprint density at radius 3 is 2.83 bits per heavy atom. The summed E-state index contributed by atoms with van der Waals surface area (Å²) in [4.78, 5) is 0. The third-order valence-electron chi connectivity index (χ3n) is 4.40. The van der Waals surface area contributed by atoms with Crippen molar-refractivity contribution in [2.75, 3.05) is 0 Å². The first kappa shape index (κ1) is 14.1. The van der Waals surface area contributed by atoms with Crippen molar-refractivity contribution in [3.63, 3.8) is 0 Å². The van der Waals surface area contributed by atoms with Gasteiger partial charge in [0.25, 0.3) is 0 Å². The summed E-state index contributed by atoms with van der Waals surface area (Å²) in [5.74, 6) is 1.57. The molecule has 0 saturated heterocycles. The Labute approximate surface area is 119 Å². The van der Waals surface area contributed by atoms with Crippen molar-refractivity contribution in [2.24, 2.45) is 17.6 Å². The van der Waals surface area contributed by atoms with E-state index in [1.54, 1.807) is 0 Å². The summed E-state index contributed by atoms with van der Waals surface area (Å²) in [5.41, 5.74) is 7.84. The number of hydrogen-bond donors (Lipinski definition) is 1. The Morgan fingerprint density at radius 1 is 1.33 bits per heavy atom. The summed E-state index contributed by atoms with van der Waals surface area (Å²) in [7, 11) is 0. The second-order valence-electron chi connectivity index (χ2n) is 5.61. The van der Waals surface area contributed by atoms with Gasteiger partial charge in [0.2, 0.25) is 0 Å². The molecule has 1 aromatic rings. The van der Waals surface area contributed by atoms with Gasteiger partial charge in [-0.05, 0) is 42.4 Å². The van der Waals surface area contributed by atoms with Crippen LogP contribution < -0.4 is 5.73 Å². The highest BCUT2D eigenvalue weighted by Crippen LogP contribution is 2.34. The summed E-state index contributed by atoms with van der Waals surface area (Å²) in [6, 6.07) is 8.89. The number of hydrogen-bond acceptors (Lipinski definition) is 1. The van der Waals surface area contributed by atoms with Crippen LogP contribution in [0.4, 0.5) is 0 Å². The highest BCUT2D eigenvalue weighted by Gasteiger charge is 2.28. The summed E-state index contributed by atoms with van der Waals surface area (Å²) >= 11 is 3.53. The first-order chi connectivity index (χ1) is 8.70. The van der Waals surface area contributed by atoms with Crippen molar-refractivity contribution < 1.29 is 0 Å². The number of benzene rings is 1. The molecule has 2 heteroatoms. The normalized spacial score (nSPS) is 25.9. The number of rotatable bonds is 4. The Hall–Kier alpha value is -0.340. The Bertz CT molecular complexity index is 377. The Kier molecular flexibility index (Phi) is 5.25. The molecule has 0 heterocycles. The SMILES string of the molecule is CCC1CCCCC1C(N)Cc1cccc(Br)c1. The van der Waals surface area contributed by atoms with E-state index in [0.717, 1.165) is 22.7 Å². The average molecular weight is 310 g/mol. The maximum absolute atomic E-state index is 6.48. The van der Waals surface area contributed by atoms with Crippen LogP contribution in [0.2, 0.25) is 0 Å². The molecule has 3 unspecified atom stereocenters. The van der Waals surface area contributed by atoms with Crippen molar-refractivity contribution >= 4 is 15.9 Å². The van der Waals surface area contributed by atoms with Crippen molar-refractivity contribution in [2.45, 2.75) is 51.5 Å². The highest BCUT2D eigenvalue weighted by molar-refractivity contribution is 9.10. The maximum Gasteiger partial charge on any atom is 0.0178 e. The smallest absolute Gasteiger partial charge is 0.0178 e. The van der Waals surface area contributed by atoms with E-state index in [1.165, 1.54) is 37.7 Å². The fourth-order valence-corrected chi connectivity index (χ4v) is 3.84. The molecule has 2 N–H and O–H groups in total. The molecule has 0 spiro atoms. The van der Waals surface area contributed by atoms with Gasteiger partial charge in [0, 0.05) is 10.5 Å². The van der Waals surface area contributed by atoms with Crippen molar-refractivity contribution in [3.05, 3.63) is 34.3 Å². The van der Waals surface area contributed by atoms with Crippen LogP contribution in [-0.4, -0.2) is 6.04 Å². The van der Waals surface area contributed by atoms with E-state index in [2.05, 4.69) is 47.1 Å². The summed E-state index contributed by atoms with van der Waals surface area (Å²) in [5, 5.41) is 0. The minimum absolute atomic E-state index is 0.324. The van der Waals surface area contributed by atoms with Crippen LogP contribution in [0.5, 0.6) is 0 Å². The number of nitrogens with two attached hydrogens (primary N) is 1. The molecule has 1 aliphatic rings. The molecule has 0 radical (unpaired) electrons. The zero-order chi connectivity index (χ0) is 13.0. The minimum atomic E-state index is 0.324. The predicted molar refractivity (Wildman–Crippen MR) is 81.6 cm³/mol. The standard InChI is InChI=1S/C16H24BrN/c1-2-13-7-3-4-9-15(13)16(18)11-12-6-5-8-14(17)10-12/h5-6,8,10,13,15-16H,2-4,7,9,11,18H2,1H3. The molecule has 1 saturated carbocycles. The third kappa shape index (κ3) is 3.58. The number of halogens is 1. The third-order valence-corrected chi connectivity index (χ3v) is 4.90. The van der Waals surface area contributed by atoms with Gasteiger partial charge in [-0.2, -0.15) is 0 Å². The molecule has 18 heavy (non-hydrogen) atoms. The lowest BCUT2D eigenvalue weighted by molar-refractivity contribution is 0.195. The van der Waals surface area contributed by atoms with E-state index < -0.39 is 0 Å². The van der Waals surface area contributed by atoms with Crippen LogP contribution >= 0.6 is 15.9 Å². The van der Waals surface area contributed by atoms with Gasteiger partial charge in [-0.25, -0.2) is 0 Å². The predicted octanol–water partition coefficient (Wildman–Crippen LogP) is 4.54. The molecule has 100 valence electrons. The molecule has 3 atom stereocenters. The van der Waals surface area contributed by atoms with E-state index in [1.807, 2.05) is 0 Å². The van der Waals surface area contributed by atoms with E-state index in [-0.39, 0.29) is 0 Å². The van der Waals surface area contributed by atoms with Crippen LogP contribution in [0.25, 0.3) is 0 Å². The highest BCUT2D eigenvalue weighted by atomic mass is 79.9. The van der Waals surface area contributed by atoms with Gasteiger partial charge in [0.05, 0.1) is 0 Å². The van der Waals surface area contributed by atoms with E-state index in [4.69, 9.17) is 5.73 Å².